The van der Waals surface area contributed by atoms with Crippen molar-refractivity contribution in [2.45, 2.75) is 52.3 Å². The van der Waals surface area contributed by atoms with E-state index in [9.17, 15) is 4.79 Å². The zero-order valence-electron chi connectivity index (χ0n) is 17.5. The van der Waals surface area contributed by atoms with Gasteiger partial charge in [-0.15, -0.1) is 0 Å². The number of amides is 1. The Morgan fingerprint density at radius 3 is 2.32 bits per heavy atom. The van der Waals surface area contributed by atoms with Crippen molar-refractivity contribution in [3.8, 4) is 0 Å². The third-order valence-corrected chi connectivity index (χ3v) is 5.04. The molecule has 28 heavy (non-hydrogen) atoms. The lowest BCUT2D eigenvalue weighted by atomic mass is 10.0. The molecule has 0 unspecified atom stereocenters. The van der Waals surface area contributed by atoms with Crippen LogP contribution in [0.2, 0.25) is 0 Å². The van der Waals surface area contributed by atoms with E-state index in [1.54, 1.807) is 0 Å². The van der Waals surface area contributed by atoms with E-state index in [-0.39, 0.29) is 12.1 Å². The second-order valence-corrected chi connectivity index (χ2v) is 8.74. The van der Waals surface area contributed by atoms with Gasteiger partial charge in [0.25, 0.3) is 0 Å². The summed E-state index contributed by atoms with van der Waals surface area (Å²) >= 11 is 0. The summed E-state index contributed by atoms with van der Waals surface area (Å²) < 4.78 is 5.69. The van der Waals surface area contributed by atoms with Crippen LogP contribution in [-0.2, 0) is 17.7 Å². The maximum Gasteiger partial charge on any atom is 0.410 e. The van der Waals surface area contributed by atoms with Crippen LogP contribution in [0.1, 0.15) is 37.5 Å². The monoisotopic (exact) mass is 380 g/mol. The Morgan fingerprint density at radius 2 is 1.68 bits per heavy atom. The van der Waals surface area contributed by atoms with Crippen molar-refractivity contribution in [1.82, 2.24) is 9.80 Å². The SMILES string of the molecule is Cc1ccc(C[C@@H]2CN(Cc3ccccc3)CCN2C(=O)OC(C)(C)C)cc1. The van der Waals surface area contributed by atoms with E-state index in [0.29, 0.717) is 6.54 Å². The van der Waals surface area contributed by atoms with Crippen LogP contribution >= 0.6 is 0 Å². The van der Waals surface area contributed by atoms with E-state index in [1.807, 2.05) is 31.7 Å². The average Bonchev–Trinajstić information content (AvgIpc) is 2.63. The molecular formula is C24H32N2O2. The maximum atomic E-state index is 12.8. The molecule has 1 aliphatic heterocycles. The molecule has 3 rings (SSSR count). The van der Waals surface area contributed by atoms with E-state index >= 15 is 0 Å². The molecule has 0 aromatic heterocycles. The molecule has 1 saturated heterocycles. The number of hydrogen-bond donors (Lipinski definition) is 0. The third kappa shape index (κ3) is 5.83. The predicted octanol–water partition coefficient (Wildman–Crippen LogP) is 4.66. The van der Waals surface area contributed by atoms with Crippen LogP contribution in [-0.4, -0.2) is 47.2 Å². The normalized spacial score (nSPS) is 18.1. The van der Waals surface area contributed by atoms with Crippen LogP contribution in [0.3, 0.4) is 0 Å². The molecule has 1 atom stereocenters. The van der Waals surface area contributed by atoms with Gasteiger partial charge in [-0.05, 0) is 45.2 Å². The van der Waals surface area contributed by atoms with E-state index in [4.69, 9.17) is 4.74 Å². The summed E-state index contributed by atoms with van der Waals surface area (Å²) in [5, 5.41) is 0. The van der Waals surface area contributed by atoms with Gasteiger partial charge in [-0.3, -0.25) is 4.90 Å². The number of carbonyl (C=O) groups excluding carboxylic acids is 1. The highest BCUT2D eigenvalue weighted by Gasteiger charge is 2.33. The first-order chi connectivity index (χ1) is 13.3. The molecule has 150 valence electrons. The van der Waals surface area contributed by atoms with E-state index in [0.717, 1.165) is 26.1 Å². The minimum atomic E-state index is -0.479. The van der Waals surface area contributed by atoms with Gasteiger partial charge in [0.1, 0.15) is 5.60 Å². The minimum Gasteiger partial charge on any atom is -0.444 e. The quantitative estimate of drug-likeness (QED) is 0.773. The molecule has 2 aromatic rings. The fourth-order valence-corrected chi connectivity index (χ4v) is 3.64. The standard InChI is InChI=1S/C24H32N2O2/c1-19-10-12-20(13-11-19)16-22-18-25(17-21-8-6-5-7-9-21)14-15-26(22)23(27)28-24(2,3)4/h5-13,22H,14-18H2,1-4H3/t22-/m1/s1. The molecule has 1 amide bonds. The van der Waals surface area contributed by atoms with Crippen molar-refractivity contribution in [3.63, 3.8) is 0 Å². The predicted molar refractivity (Wildman–Crippen MR) is 113 cm³/mol. The van der Waals surface area contributed by atoms with Crippen LogP contribution in [0, 0.1) is 6.92 Å². The van der Waals surface area contributed by atoms with Crippen molar-refractivity contribution in [2.75, 3.05) is 19.6 Å². The van der Waals surface area contributed by atoms with Crippen LogP contribution in [0.25, 0.3) is 0 Å². The maximum absolute atomic E-state index is 12.8. The summed E-state index contributed by atoms with van der Waals surface area (Å²) in [6.45, 7) is 11.2. The van der Waals surface area contributed by atoms with E-state index in [1.165, 1.54) is 16.7 Å². The fourth-order valence-electron chi connectivity index (χ4n) is 3.64. The Kier molecular flexibility index (Phi) is 6.40. The lowest BCUT2D eigenvalue weighted by molar-refractivity contribution is -0.00232. The molecule has 0 N–H and O–H groups in total. The Hall–Kier alpha value is -2.33. The first kappa shape index (κ1) is 20.4. The number of ether oxygens (including phenoxy) is 1. The largest absolute Gasteiger partial charge is 0.444 e. The summed E-state index contributed by atoms with van der Waals surface area (Å²) in [5.41, 5.74) is 3.34. The zero-order chi connectivity index (χ0) is 20.1. The number of rotatable bonds is 4. The minimum absolute atomic E-state index is 0.106. The van der Waals surface area contributed by atoms with Gasteiger partial charge in [0.15, 0.2) is 0 Å². The molecule has 2 aromatic carbocycles. The van der Waals surface area contributed by atoms with Gasteiger partial charge >= 0.3 is 6.09 Å². The molecule has 1 aliphatic rings. The Bertz CT molecular complexity index is 765. The highest BCUT2D eigenvalue weighted by atomic mass is 16.6. The van der Waals surface area contributed by atoms with Gasteiger partial charge in [-0.1, -0.05) is 60.2 Å². The van der Waals surface area contributed by atoms with Gasteiger partial charge in [0.05, 0.1) is 6.04 Å². The highest BCUT2D eigenvalue weighted by Crippen LogP contribution is 2.20. The van der Waals surface area contributed by atoms with E-state index in [2.05, 4.69) is 60.4 Å². The molecule has 0 bridgehead atoms. The van der Waals surface area contributed by atoms with Crippen molar-refractivity contribution < 1.29 is 9.53 Å². The van der Waals surface area contributed by atoms with Crippen molar-refractivity contribution in [2.24, 2.45) is 0 Å². The smallest absolute Gasteiger partial charge is 0.410 e. The lowest BCUT2D eigenvalue weighted by Gasteiger charge is -2.42. The molecule has 1 heterocycles. The molecule has 0 aliphatic carbocycles. The third-order valence-electron chi connectivity index (χ3n) is 5.04. The van der Waals surface area contributed by atoms with Crippen molar-refractivity contribution in [1.29, 1.82) is 0 Å². The summed E-state index contributed by atoms with van der Waals surface area (Å²) in [5.74, 6) is 0. The first-order valence-electron chi connectivity index (χ1n) is 10.1. The molecule has 4 nitrogen and oxygen atoms in total. The van der Waals surface area contributed by atoms with Gasteiger partial charge in [0.2, 0.25) is 0 Å². The van der Waals surface area contributed by atoms with Crippen molar-refractivity contribution in [3.05, 3.63) is 71.3 Å². The van der Waals surface area contributed by atoms with Crippen LogP contribution < -0.4 is 0 Å². The first-order valence-corrected chi connectivity index (χ1v) is 10.1. The second kappa shape index (κ2) is 8.78. The highest BCUT2D eigenvalue weighted by molar-refractivity contribution is 5.68. The fraction of sp³-hybridized carbons (Fsp3) is 0.458. The van der Waals surface area contributed by atoms with Gasteiger partial charge in [-0.25, -0.2) is 4.79 Å². The summed E-state index contributed by atoms with van der Waals surface area (Å²) in [7, 11) is 0. The van der Waals surface area contributed by atoms with Gasteiger partial charge < -0.3 is 9.64 Å². The zero-order valence-corrected chi connectivity index (χ0v) is 17.5. The van der Waals surface area contributed by atoms with E-state index < -0.39 is 5.60 Å². The average molecular weight is 381 g/mol. The van der Waals surface area contributed by atoms with Crippen LogP contribution in [0.15, 0.2) is 54.6 Å². The van der Waals surface area contributed by atoms with Crippen LogP contribution in [0.4, 0.5) is 4.79 Å². The second-order valence-electron chi connectivity index (χ2n) is 8.74. The Morgan fingerprint density at radius 1 is 1.00 bits per heavy atom. The summed E-state index contributed by atoms with van der Waals surface area (Å²) in [6, 6.07) is 19.2. The number of hydrogen-bond acceptors (Lipinski definition) is 3. The summed E-state index contributed by atoms with van der Waals surface area (Å²) in [6.07, 6.45) is 0.633. The number of aryl methyl sites for hydroxylation is 1. The van der Waals surface area contributed by atoms with Crippen LogP contribution in [0.5, 0.6) is 0 Å². The molecule has 0 spiro atoms. The number of piperazine rings is 1. The molecule has 0 radical (unpaired) electrons. The molecular weight excluding hydrogens is 348 g/mol. The molecule has 4 heteroatoms. The topological polar surface area (TPSA) is 32.8 Å². The van der Waals surface area contributed by atoms with Gasteiger partial charge in [0, 0.05) is 26.2 Å². The lowest BCUT2D eigenvalue weighted by Crippen LogP contribution is -2.56. The Balaban J connectivity index is 1.73. The Labute approximate surface area is 169 Å². The number of benzene rings is 2. The summed E-state index contributed by atoms with van der Waals surface area (Å²) in [4.78, 5) is 17.2. The van der Waals surface area contributed by atoms with Crippen molar-refractivity contribution >= 4 is 6.09 Å². The van der Waals surface area contributed by atoms with Gasteiger partial charge in [-0.2, -0.15) is 0 Å². The number of carbonyl (C=O) groups is 1. The number of nitrogens with zero attached hydrogens (tertiary/aromatic N) is 2. The molecule has 1 fully saturated rings. The molecule has 0 saturated carbocycles.